The largest absolute Gasteiger partial charge is 0.508 e. The second-order valence-electron chi connectivity index (χ2n) is 6.73. The van der Waals surface area contributed by atoms with Gasteiger partial charge in [-0.15, -0.1) is 0 Å². The van der Waals surface area contributed by atoms with Crippen LogP contribution in [0.4, 0.5) is 0 Å². The lowest BCUT2D eigenvalue weighted by molar-refractivity contribution is 0.0121. The highest BCUT2D eigenvalue weighted by Crippen LogP contribution is 2.27. The molecule has 170 valence electrons. The lowest BCUT2D eigenvalue weighted by Gasteiger charge is -2.10. The number of carbonyl (C=O) groups is 1. The average molecular weight is 460 g/mol. The third kappa shape index (κ3) is 6.91. The van der Waals surface area contributed by atoms with Crippen LogP contribution in [-0.2, 0) is 20.8 Å². The molecular weight excluding hydrogens is 434 g/mol. The Morgan fingerprint density at radius 3 is 2.38 bits per heavy atom. The molecule has 1 aromatic heterocycles. The molecule has 0 radical (unpaired) electrons. The molecule has 8 nitrogen and oxygen atoms in total. The number of benzene rings is 2. The molecule has 0 saturated carbocycles. The summed E-state index contributed by atoms with van der Waals surface area (Å²) in [4.78, 5) is 25.8. The van der Waals surface area contributed by atoms with Crippen molar-refractivity contribution < 1.29 is 28.5 Å². The zero-order valence-electron chi connectivity index (χ0n) is 17.5. The van der Waals surface area contributed by atoms with Crippen molar-refractivity contribution in [2.45, 2.75) is 11.5 Å². The highest BCUT2D eigenvalue weighted by molar-refractivity contribution is 8.14. The van der Waals surface area contributed by atoms with Gasteiger partial charge in [-0.1, -0.05) is 18.2 Å². The zero-order chi connectivity index (χ0) is 22.8. The Morgan fingerprint density at radius 1 is 0.969 bits per heavy atom. The number of ether oxygens (including phenoxy) is 3. The highest BCUT2D eigenvalue weighted by Gasteiger charge is 2.17. The van der Waals surface area contributed by atoms with Crippen LogP contribution >= 0.6 is 11.8 Å². The van der Waals surface area contributed by atoms with Crippen LogP contribution < -0.4 is 11.4 Å². The molecular formula is C23H25NO7S. The Kier molecular flexibility index (Phi) is 9.27. The molecule has 0 fully saturated rings. The van der Waals surface area contributed by atoms with Crippen LogP contribution in [0.1, 0.15) is 15.9 Å². The molecule has 32 heavy (non-hydrogen) atoms. The van der Waals surface area contributed by atoms with Gasteiger partial charge in [0.2, 0.25) is 5.12 Å². The van der Waals surface area contributed by atoms with E-state index in [1.807, 2.05) is 18.2 Å². The van der Waals surface area contributed by atoms with Crippen LogP contribution in [0, 0.1) is 0 Å². The SMILES string of the molecule is NCCOCCOCCOCc1cc(O)cc2oc(=O)c(C(=O)Sc3ccccc3)cc12. The van der Waals surface area contributed by atoms with Gasteiger partial charge >= 0.3 is 5.63 Å². The molecule has 1 heterocycles. The fourth-order valence-corrected chi connectivity index (χ4v) is 3.65. The second-order valence-corrected chi connectivity index (χ2v) is 7.78. The molecule has 0 amide bonds. The standard InChI is InChI=1S/C23H25NO7S/c24-6-7-28-8-9-29-10-11-30-15-16-12-17(25)13-21-19(16)14-20(22(26)31-21)23(27)32-18-4-2-1-3-5-18/h1-5,12-14,25H,6-11,15,24H2. The van der Waals surface area contributed by atoms with Gasteiger partial charge < -0.3 is 29.5 Å². The van der Waals surface area contributed by atoms with Gasteiger partial charge in [0, 0.05) is 22.9 Å². The summed E-state index contributed by atoms with van der Waals surface area (Å²) in [6.07, 6.45) is 0. The van der Waals surface area contributed by atoms with Crippen LogP contribution in [0.5, 0.6) is 5.75 Å². The van der Waals surface area contributed by atoms with Gasteiger partial charge in [0.25, 0.3) is 0 Å². The molecule has 3 aromatic rings. The molecule has 0 bridgehead atoms. The number of rotatable bonds is 12. The second kappa shape index (κ2) is 12.4. The van der Waals surface area contributed by atoms with E-state index in [9.17, 15) is 14.7 Å². The minimum Gasteiger partial charge on any atom is -0.508 e. The summed E-state index contributed by atoms with van der Waals surface area (Å²) in [5.41, 5.74) is 5.28. The molecule has 0 spiro atoms. The van der Waals surface area contributed by atoms with Gasteiger partial charge in [-0.3, -0.25) is 4.79 Å². The number of thioether (sulfide) groups is 1. The van der Waals surface area contributed by atoms with Crippen molar-refractivity contribution in [3.05, 3.63) is 70.1 Å². The molecule has 3 N–H and O–H groups in total. The third-order valence-electron chi connectivity index (χ3n) is 4.36. The molecule has 2 aromatic carbocycles. The predicted molar refractivity (Wildman–Crippen MR) is 121 cm³/mol. The Balaban J connectivity index is 1.66. The summed E-state index contributed by atoms with van der Waals surface area (Å²) in [5.74, 6) is -0.0645. The number of nitrogens with two attached hydrogens (primary N) is 1. The Hall–Kier alpha value is -2.69. The van der Waals surface area contributed by atoms with E-state index in [1.54, 1.807) is 12.1 Å². The number of phenolic OH excluding ortho intramolecular Hbond substituents is 1. The van der Waals surface area contributed by atoms with Crippen molar-refractivity contribution >= 4 is 27.8 Å². The smallest absolute Gasteiger partial charge is 0.348 e. The van der Waals surface area contributed by atoms with E-state index in [4.69, 9.17) is 24.4 Å². The summed E-state index contributed by atoms with van der Waals surface area (Å²) >= 11 is 0.949. The number of hydrogen-bond acceptors (Lipinski definition) is 9. The summed E-state index contributed by atoms with van der Waals surface area (Å²) in [6.45, 7) is 2.70. The lowest BCUT2D eigenvalue weighted by atomic mass is 10.1. The molecule has 0 aliphatic carbocycles. The monoisotopic (exact) mass is 459 g/mol. The fraction of sp³-hybridized carbons (Fsp3) is 0.304. The van der Waals surface area contributed by atoms with E-state index in [0.29, 0.717) is 50.5 Å². The van der Waals surface area contributed by atoms with E-state index in [2.05, 4.69) is 0 Å². The first-order valence-corrected chi connectivity index (χ1v) is 10.9. The number of phenols is 1. The van der Waals surface area contributed by atoms with Crippen molar-refractivity contribution in [2.24, 2.45) is 5.73 Å². The molecule has 0 aliphatic rings. The maximum absolute atomic E-state index is 12.7. The summed E-state index contributed by atoms with van der Waals surface area (Å²) in [6, 6.07) is 13.4. The number of fused-ring (bicyclic) bond motifs is 1. The van der Waals surface area contributed by atoms with Crippen molar-refractivity contribution in [3.8, 4) is 5.75 Å². The van der Waals surface area contributed by atoms with Crippen molar-refractivity contribution in [2.75, 3.05) is 39.6 Å². The van der Waals surface area contributed by atoms with Gasteiger partial charge in [-0.25, -0.2) is 4.79 Å². The van der Waals surface area contributed by atoms with E-state index in [1.165, 1.54) is 18.2 Å². The van der Waals surface area contributed by atoms with Crippen LogP contribution in [-0.4, -0.2) is 49.8 Å². The maximum Gasteiger partial charge on any atom is 0.348 e. The fourth-order valence-electron chi connectivity index (χ4n) is 2.89. The normalized spacial score (nSPS) is 11.2. The van der Waals surface area contributed by atoms with E-state index in [0.717, 1.165) is 16.7 Å². The summed E-state index contributed by atoms with van der Waals surface area (Å²) in [7, 11) is 0. The summed E-state index contributed by atoms with van der Waals surface area (Å²) in [5, 5.41) is 10.1. The Labute approximate surface area is 189 Å². The van der Waals surface area contributed by atoms with Crippen molar-refractivity contribution in [1.29, 1.82) is 0 Å². The Morgan fingerprint density at radius 2 is 1.66 bits per heavy atom. The van der Waals surface area contributed by atoms with E-state index < -0.39 is 10.7 Å². The van der Waals surface area contributed by atoms with Crippen LogP contribution in [0.2, 0.25) is 0 Å². The number of carbonyl (C=O) groups excluding carboxylic acids is 1. The van der Waals surface area contributed by atoms with Gasteiger partial charge in [-0.2, -0.15) is 0 Å². The molecule has 3 rings (SSSR count). The van der Waals surface area contributed by atoms with Gasteiger partial charge in [-0.05, 0) is 41.6 Å². The zero-order valence-corrected chi connectivity index (χ0v) is 18.3. The molecule has 0 saturated heterocycles. The molecule has 9 heteroatoms. The highest BCUT2D eigenvalue weighted by atomic mass is 32.2. The first-order valence-electron chi connectivity index (χ1n) is 10.1. The van der Waals surface area contributed by atoms with Crippen LogP contribution in [0.25, 0.3) is 11.0 Å². The van der Waals surface area contributed by atoms with E-state index in [-0.39, 0.29) is 23.5 Å². The van der Waals surface area contributed by atoms with Crippen molar-refractivity contribution in [1.82, 2.24) is 0 Å². The predicted octanol–water partition coefficient (Wildman–Crippen LogP) is 2.94. The molecule has 0 unspecified atom stereocenters. The van der Waals surface area contributed by atoms with Crippen molar-refractivity contribution in [3.63, 3.8) is 0 Å². The van der Waals surface area contributed by atoms with E-state index >= 15 is 0 Å². The Bertz CT molecular complexity index is 1080. The average Bonchev–Trinajstić information content (AvgIpc) is 2.78. The van der Waals surface area contributed by atoms with Gasteiger partial charge in [0.15, 0.2) is 0 Å². The van der Waals surface area contributed by atoms with Gasteiger partial charge in [0.1, 0.15) is 16.9 Å². The summed E-state index contributed by atoms with van der Waals surface area (Å²) < 4.78 is 21.6. The van der Waals surface area contributed by atoms with Crippen LogP contribution in [0.15, 0.2) is 62.6 Å². The van der Waals surface area contributed by atoms with Crippen LogP contribution in [0.3, 0.4) is 0 Å². The lowest BCUT2D eigenvalue weighted by Crippen LogP contribution is -2.13. The maximum atomic E-state index is 12.7. The number of hydrogen-bond donors (Lipinski definition) is 2. The minimum atomic E-state index is -0.756. The first kappa shape index (κ1) is 24.0. The quantitative estimate of drug-likeness (QED) is 0.239. The molecule has 0 atom stereocenters. The topological polar surface area (TPSA) is 121 Å². The molecule has 0 aliphatic heterocycles. The first-order chi connectivity index (χ1) is 15.6. The third-order valence-corrected chi connectivity index (χ3v) is 5.27. The number of aromatic hydroxyl groups is 1. The van der Waals surface area contributed by atoms with Gasteiger partial charge in [0.05, 0.1) is 39.6 Å². The minimum absolute atomic E-state index is 0.0645.